The highest BCUT2D eigenvalue weighted by atomic mass is 16.5. The molecule has 0 radical (unpaired) electrons. The Kier molecular flexibility index (Phi) is 4.76. The zero-order valence-corrected chi connectivity index (χ0v) is 10.3. The van der Waals surface area contributed by atoms with Gasteiger partial charge in [0.25, 0.3) is 0 Å². The Morgan fingerprint density at radius 1 is 1.29 bits per heavy atom. The molecule has 0 spiro atoms. The molecule has 0 aromatic heterocycles. The van der Waals surface area contributed by atoms with Crippen LogP contribution in [0.25, 0.3) is 0 Å². The molecule has 0 aromatic rings. The first kappa shape index (κ1) is 12.8. The van der Waals surface area contributed by atoms with E-state index in [2.05, 4.69) is 9.80 Å². The Labute approximate surface area is 102 Å². The van der Waals surface area contributed by atoms with Crippen molar-refractivity contribution in [1.29, 1.82) is 0 Å². The van der Waals surface area contributed by atoms with Gasteiger partial charge in [0.1, 0.15) is 0 Å². The predicted molar refractivity (Wildman–Crippen MR) is 64.1 cm³/mol. The maximum Gasteiger partial charge on any atom is 0.304 e. The predicted octanol–water partition coefficient (Wildman–Crippen LogP) is 0.258. The first-order valence-electron chi connectivity index (χ1n) is 6.51. The minimum Gasteiger partial charge on any atom is -0.481 e. The van der Waals surface area contributed by atoms with Crippen molar-refractivity contribution in [2.75, 3.05) is 45.9 Å². The summed E-state index contributed by atoms with van der Waals surface area (Å²) >= 11 is 0. The van der Waals surface area contributed by atoms with Gasteiger partial charge in [-0.1, -0.05) is 0 Å². The van der Waals surface area contributed by atoms with E-state index in [1.807, 2.05) is 0 Å². The van der Waals surface area contributed by atoms with Gasteiger partial charge >= 0.3 is 5.97 Å². The second-order valence-electron chi connectivity index (χ2n) is 4.89. The van der Waals surface area contributed by atoms with Gasteiger partial charge in [-0.2, -0.15) is 0 Å². The number of hydrogen-bond acceptors (Lipinski definition) is 4. The summed E-state index contributed by atoms with van der Waals surface area (Å²) in [7, 11) is 0. The van der Waals surface area contributed by atoms with Crippen molar-refractivity contribution in [3.63, 3.8) is 0 Å². The van der Waals surface area contributed by atoms with Crippen LogP contribution in [0.4, 0.5) is 0 Å². The molecule has 2 heterocycles. The summed E-state index contributed by atoms with van der Waals surface area (Å²) in [5, 5.41) is 8.71. The fourth-order valence-electron chi connectivity index (χ4n) is 2.73. The van der Waals surface area contributed by atoms with Crippen LogP contribution in [0, 0.1) is 0 Å². The zero-order chi connectivity index (χ0) is 12.1. The first-order valence-corrected chi connectivity index (χ1v) is 6.51. The van der Waals surface area contributed by atoms with Crippen molar-refractivity contribution in [3.05, 3.63) is 0 Å². The number of carbonyl (C=O) groups is 1. The van der Waals surface area contributed by atoms with Crippen molar-refractivity contribution in [1.82, 2.24) is 9.80 Å². The van der Waals surface area contributed by atoms with Crippen molar-refractivity contribution in [3.8, 4) is 0 Å². The maximum absolute atomic E-state index is 10.6. The van der Waals surface area contributed by atoms with Crippen molar-refractivity contribution in [2.24, 2.45) is 0 Å². The topological polar surface area (TPSA) is 53.0 Å². The molecule has 2 aliphatic rings. The number of ether oxygens (including phenoxy) is 1. The third-order valence-corrected chi connectivity index (χ3v) is 3.68. The van der Waals surface area contributed by atoms with E-state index in [1.54, 1.807) is 0 Å². The molecule has 5 heteroatoms. The molecule has 1 atom stereocenters. The third kappa shape index (κ3) is 3.94. The molecule has 0 amide bonds. The average Bonchev–Trinajstić information content (AvgIpc) is 2.38. The molecule has 2 saturated heterocycles. The standard InChI is InChI=1S/C12H22N2O3/c15-12(16)3-5-13-4-1-2-11(10-13)14-6-8-17-9-7-14/h11H,1-10H2,(H,15,16). The zero-order valence-electron chi connectivity index (χ0n) is 10.3. The summed E-state index contributed by atoms with van der Waals surface area (Å²) in [4.78, 5) is 15.4. The first-order chi connectivity index (χ1) is 8.25. The molecule has 2 aliphatic heterocycles. The quantitative estimate of drug-likeness (QED) is 0.766. The summed E-state index contributed by atoms with van der Waals surface area (Å²) in [5.74, 6) is -0.696. The lowest BCUT2D eigenvalue weighted by Crippen LogP contribution is -2.51. The number of rotatable bonds is 4. The van der Waals surface area contributed by atoms with Crippen LogP contribution in [0.2, 0.25) is 0 Å². The van der Waals surface area contributed by atoms with E-state index in [4.69, 9.17) is 9.84 Å². The second-order valence-corrected chi connectivity index (χ2v) is 4.89. The van der Waals surface area contributed by atoms with Crippen LogP contribution in [-0.4, -0.2) is 72.9 Å². The van der Waals surface area contributed by atoms with Gasteiger partial charge in [-0.05, 0) is 19.4 Å². The number of morpholine rings is 1. The largest absolute Gasteiger partial charge is 0.481 e. The Morgan fingerprint density at radius 2 is 2.06 bits per heavy atom. The fraction of sp³-hybridized carbons (Fsp3) is 0.917. The number of likely N-dealkylation sites (tertiary alicyclic amines) is 1. The van der Waals surface area contributed by atoms with Crippen LogP contribution in [0.5, 0.6) is 0 Å². The molecule has 5 nitrogen and oxygen atoms in total. The number of carboxylic acids is 1. The molecule has 2 rings (SSSR count). The molecule has 0 aromatic carbocycles. The summed E-state index contributed by atoms with van der Waals surface area (Å²) in [6.07, 6.45) is 2.68. The van der Waals surface area contributed by atoms with E-state index in [-0.39, 0.29) is 6.42 Å². The van der Waals surface area contributed by atoms with Crippen LogP contribution in [0.1, 0.15) is 19.3 Å². The smallest absolute Gasteiger partial charge is 0.304 e. The summed E-state index contributed by atoms with van der Waals surface area (Å²) in [6, 6.07) is 0.599. The van der Waals surface area contributed by atoms with Crippen molar-refractivity contribution >= 4 is 5.97 Å². The van der Waals surface area contributed by atoms with Crippen LogP contribution < -0.4 is 0 Å². The highest BCUT2D eigenvalue weighted by Crippen LogP contribution is 2.17. The van der Waals surface area contributed by atoms with Crippen LogP contribution in [-0.2, 0) is 9.53 Å². The van der Waals surface area contributed by atoms with Gasteiger partial charge in [-0.25, -0.2) is 0 Å². The van der Waals surface area contributed by atoms with E-state index in [9.17, 15) is 4.79 Å². The lowest BCUT2D eigenvalue weighted by Gasteiger charge is -2.40. The molecular weight excluding hydrogens is 220 g/mol. The number of piperidine rings is 1. The molecule has 2 fully saturated rings. The van der Waals surface area contributed by atoms with E-state index in [0.29, 0.717) is 12.6 Å². The molecule has 1 N–H and O–H groups in total. The van der Waals surface area contributed by atoms with Crippen LogP contribution in [0.15, 0.2) is 0 Å². The Bertz CT molecular complexity index is 254. The number of hydrogen-bond donors (Lipinski definition) is 1. The number of aliphatic carboxylic acids is 1. The maximum atomic E-state index is 10.6. The Hall–Kier alpha value is -0.650. The van der Waals surface area contributed by atoms with Gasteiger partial charge < -0.3 is 14.7 Å². The minimum atomic E-state index is -0.696. The SMILES string of the molecule is O=C(O)CCN1CCCC(N2CCOCC2)C1. The van der Waals surface area contributed by atoms with E-state index < -0.39 is 5.97 Å². The average molecular weight is 242 g/mol. The van der Waals surface area contributed by atoms with Crippen molar-refractivity contribution in [2.45, 2.75) is 25.3 Å². The molecule has 98 valence electrons. The van der Waals surface area contributed by atoms with Gasteiger partial charge in [0, 0.05) is 32.2 Å². The lowest BCUT2D eigenvalue weighted by atomic mass is 10.0. The summed E-state index contributed by atoms with van der Waals surface area (Å²) in [5.41, 5.74) is 0. The van der Waals surface area contributed by atoms with E-state index in [0.717, 1.165) is 39.4 Å². The van der Waals surface area contributed by atoms with Crippen LogP contribution >= 0.6 is 0 Å². The number of carboxylic acid groups (broad SMARTS) is 1. The van der Waals surface area contributed by atoms with Gasteiger partial charge in [-0.15, -0.1) is 0 Å². The molecule has 0 saturated carbocycles. The van der Waals surface area contributed by atoms with Gasteiger partial charge in [-0.3, -0.25) is 9.69 Å². The Balaban J connectivity index is 1.77. The molecule has 0 aliphatic carbocycles. The second kappa shape index (κ2) is 6.33. The molecule has 1 unspecified atom stereocenters. The highest BCUT2D eigenvalue weighted by Gasteiger charge is 2.26. The van der Waals surface area contributed by atoms with Gasteiger partial charge in [0.2, 0.25) is 0 Å². The third-order valence-electron chi connectivity index (χ3n) is 3.68. The Morgan fingerprint density at radius 3 is 2.76 bits per heavy atom. The van der Waals surface area contributed by atoms with Crippen molar-refractivity contribution < 1.29 is 14.6 Å². The summed E-state index contributed by atoms with van der Waals surface area (Å²) < 4.78 is 5.36. The minimum absolute atomic E-state index is 0.260. The fourth-order valence-corrected chi connectivity index (χ4v) is 2.73. The van der Waals surface area contributed by atoms with Crippen LogP contribution in [0.3, 0.4) is 0 Å². The lowest BCUT2D eigenvalue weighted by molar-refractivity contribution is -0.137. The normalized spacial score (nSPS) is 28.1. The van der Waals surface area contributed by atoms with E-state index in [1.165, 1.54) is 12.8 Å². The van der Waals surface area contributed by atoms with E-state index >= 15 is 0 Å². The molecule has 17 heavy (non-hydrogen) atoms. The monoisotopic (exact) mass is 242 g/mol. The van der Waals surface area contributed by atoms with Gasteiger partial charge in [0.05, 0.1) is 19.6 Å². The highest BCUT2D eigenvalue weighted by molar-refractivity contribution is 5.66. The molecule has 0 bridgehead atoms. The number of nitrogens with zero attached hydrogens (tertiary/aromatic N) is 2. The molecular formula is C12H22N2O3. The van der Waals surface area contributed by atoms with Gasteiger partial charge in [0.15, 0.2) is 0 Å². The summed E-state index contributed by atoms with van der Waals surface area (Å²) in [6.45, 7) is 6.49.